The van der Waals surface area contributed by atoms with Gasteiger partial charge in [0.1, 0.15) is 5.75 Å². The third-order valence-corrected chi connectivity index (χ3v) is 4.10. The van der Waals surface area contributed by atoms with Crippen LogP contribution in [0, 0.1) is 3.57 Å². The number of anilines is 1. The Morgan fingerprint density at radius 2 is 1.73 bits per heavy atom. The number of halogens is 1. The van der Waals surface area contributed by atoms with Crippen LogP contribution in [0.25, 0.3) is 0 Å². The molecule has 0 aliphatic carbocycles. The first-order chi connectivity index (χ1) is 10.6. The lowest BCUT2D eigenvalue weighted by Gasteiger charge is -2.17. The van der Waals surface area contributed by atoms with Crippen molar-refractivity contribution in [3.8, 4) is 5.75 Å². The summed E-state index contributed by atoms with van der Waals surface area (Å²) in [6, 6.07) is 15.6. The molecule has 0 radical (unpaired) electrons. The van der Waals surface area contributed by atoms with Crippen LogP contribution in [0.5, 0.6) is 5.75 Å². The molecule has 0 spiro atoms. The Morgan fingerprint density at radius 3 is 2.27 bits per heavy atom. The molecule has 0 heterocycles. The molecule has 4 heteroatoms. The van der Waals surface area contributed by atoms with Gasteiger partial charge in [-0.15, -0.1) is 0 Å². The summed E-state index contributed by atoms with van der Waals surface area (Å²) in [5.74, 6) is 0.602. The Bertz CT molecular complexity index is 608. The molecule has 0 aliphatic rings. The van der Waals surface area contributed by atoms with E-state index in [4.69, 9.17) is 4.74 Å². The summed E-state index contributed by atoms with van der Waals surface area (Å²) in [6.07, 6.45) is 1.11. The molecule has 0 aromatic heterocycles. The van der Waals surface area contributed by atoms with Gasteiger partial charge in [-0.3, -0.25) is 4.79 Å². The predicted molar refractivity (Wildman–Crippen MR) is 98.3 cm³/mol. The Hall–Kier alpha value is -1.56. The van der Waals surface area contributed by atoms with Gasteiger partial charge in [-0.1, -0.05) is 26.0 Å². The van der Waals surface area contributed by atoms with E-state index in [9.17, 15) is 4.79 Å². The number of hydrogen-bond donors (Lipinski definition) is 1. The van der Waals surface area contributed by atoms with Crippen molar-refractivity contribution < 1.29 is 9.53 Å². The SMILES string of the molecule is CCc1ccc(O[C@@H](CC)C(=O)Nc2ccc(I)cc2)cc1. The van der Waals surface area contributed by atoms with Crippen molar-refractivity contribution >= 4 is 34.2 Å². The molecule has 0 bridgehead atoms. The molecule has 0 saturated carbocycles. The summed E-state index contributed by atoms with van der Waals surface area (Å²) in [6.45, 7) is 4.05. The fraction of sp³-hybridized carbons (Fsp3) is 0.278. The molecular weight excluding hydrogens is 389 g/mol. The van der Waals surface area contributed by atoms with E-state index in [1.807, 2.05) is 55.5 Å². The monoisotopic (exact) mass is 409 g/mol. The highest BCUT2D eigenvalue weighted by Crippen LogP contribution is 2.17. The van der Waals surface area contributed by atoms with Crippen molar-refractivity contribution in [2.75, 3.05) is 5.32 Å². The molecule has 2 rings (SSSR count). The van der Waals surface area contributed by atoms with Crippen LogP contribution in [0.3, 0.4) is 0 Å². The maximum Gasteiger partial charge on any atom is 0.265 e. The van der Waals surface area contributed by atoms with Gasteiger partial charge in [0.05, 0.1) is 0 Å². The molecule has 116 valence electrons. The second-order valence-corrected chi connectivity index (χ2v) is 6.25. The van der Waals surface area contributed by atoms with Crippen LogP contribution < -0.4 is 10.1 Å². The lowest BCUT2D eigenvalue weighted by molar-refractivity contribution is -0.122. The number of hydrogen-bond acceptors (Lipinski definition) is 2. The van der Waals surface area contributed by atoms with E-state index in [1.165, 1.54) is 5.56 Å². The Labute approximate surface area is 145 Å². The Balaban J connectivity index is 2.00. The first-order valence-electron chi connectivity index (χ1n) is 7.44. The summed E-state index contributed by atoms with van der Waals surface area (Å²) in [7, 11) is 0. The minimum Gasteiger partial charge on any atom is -0.481 e. The number of amides is 1. The molecule has 0 fully saturated rings. The average Bonchev–Trinajstić information content (AvgIpc) is 2.55. The summed E-state index contributed by atoms with van der Waals surface area (Å²) < 4.78 is 6.94. The number of aryl methyl sites for hydroxylation is 1. The van der Waals surface area contributed by atoms with Crippen molar-refractivity contribution in [3.63, 3.8) is 0 Å². The number of benzene rings is 2. The molecule has 22 heavy (non-hydrogen) atoms. The number of nitrogens with one attached hydrogen (secondary N) is 1. The quantitative estimate of drug-likeness (QED) is 0.706. The zero-order valence-electron chi connectivity index (χ0n) is 12.8. The second kappa shape index (κ2) is 8.17. The standard InChI is InChI=1S/C18H20INO2/c1-3-13-5-11-16(12-6-13)22-17(4-2)18(21)20-15-9-7-14(19)8-10-15/h5-12,17H,3-4H2,1-2H3,(H,20,21)/t17-/m0/s1. The zero-order valence-corrected chi connectivity index (χ0v) is 15.0. The summed E-state index contributed by atoms with van der Waals surface area (Å²) in [4.78, 5) is 12.3. The molecule has 0 saturated heterocycles. The lowest BCUT2D eigenvalue weighted by Crippen LogP contribution is -2.32. The fourth-order valence-corrected chi connectivity index (χ4v) is 2.41. The summed E-state index contributed by atoms with van der Waals surface area (Å²) in [5.41, 5.74) is 2.04. The van der Waals surface area contributed by atoms with E-state index in [-0.39, 0.29) is 5.91 Å². The maximum atomic E-state index is 12.3. The van der Waals surface area contributed by atoms with Crippen LogP contribution in [-0.2, 0) is 11.2 Å². The number of carbonyl (C=O) groups excluding carboxylic acids is 1. The molecule has 1 N–H and O–H groups in total. The van der Waals surface area contributed by atoms with Gasteiger partial charge in [0, 0.05) is 9.26 Å². The van der Waals surface area contributed by atoms with Crippen molar-refractivity contribution in [2.45, 2.75) is 32.8 Å². The van der Waals surface area contributed by atoms with E-state index in [2.05, 4.69) is 34.8 Å². The smallest absolute Gasteiger partial charge is 0.265 e. The van der Waals surface area contributed by atoms with Gasteiger partial charge >= 0.3 is 0 Å². The van der Waals surface area contributed by atoms with E-state index >= 15 is 0 Å². The molecule has 0 aliphatic heterocycles. The van der Waals surface area contributed by atoms with Crippen LogP contribution in [-0.4, -0.2) is 12.0 Å². The van der Waals surface area contributed by atoms with Crippen LogP contribution in [0.2, 0.25) is 0 Å². The minimum atomic E-state index is -0.494. The molecular formula is C18H20INO2. The number of rotatable bonds is 6. The first-order valence-corrected chi connectivity index (χ1v) is 8.52. The highest BCUT2D eigenvalue weighted by Gasteiger charge is 2.18. The van der Waals surface area contributed by atoms with Crippen molar-refractivity contribution in [1.82, 2.24) is 0 Å². The minimum absolute atomic E-state index is 0.122. The van der Waals surface area contributed by atoms with Crippen molar-refractivity contribution in [1.29, 1.82) is 0 Å². The van der Waals surface area contributed by atoms with Crippen LogP contribution >= 0.6 is 22.6 Å². The van der Waals surface area contributed by atoms with E-state index in [1.54, 1.807) is 0 Å². The predicted octanol–water partition coefficient (Wildman–Crippen LogP) is 4.65. The topological polar surface area (TPSA) is 38.3 Å². The highest BCUT2D eigenvalue weighted by atomic mass is 127. The maximum absolute atomic E-state index is 12.3. The normalized spacial score (nSPS) is 11.8. The largest absolute Gasteiger partial charge is 0.481 e. The van der Waals surface area contributed by atoms with Crippen molar-refractivity contribution in [3.05, 3.63) is 57.7 Å². The summed E-state index contributed by atoms with van der Waals surface area (Å²) >= 11 is 2.23. The van der Waals surface area contributed by atoms with Crippen LogP contribution in [0.15, 0.2) is 48.5 Å². The van der Waals surface area contributed by atoms with Gasteiger partial charge in [-0.25, -0.2) is 0 Å². The van der Waals surface area contributed by atoms with Crippen LogP contribution in [0.1, 0.15) is 25.8 Å². The number of ether oxygens (including phenoxy) is 1. The lowest BCUT2D eigenvalue weighted by atomic mass is 10.1. The fourth-order valence-electron chi connectivity index (χ4n) is 2.05. The van der Waals surface area contributed by atoms with Gasteiger partial charge in [-0.2, -0.15) is 0 Å². The zero-order chi connectivity index (χ0) is 15.9. The Morgan fingerprint density at radius 1 is 1.09 bits per heavy atom. The molecule has 2 aromatic carbocycles. The molecule has 2 aromatic rings. The van der Waals surface area contributed by atoms with E-state index in [0.717, 1.165) is 21.4 Å². The molecule has 1 atom stereocenters. The van der Waals surface area contributed by atoms with Gasteiger partial charge in [0.2, 0.25) is 0 Å². The van der Waals surface area contributed by atoms with Gasteiger partial charge in [0.15, 0.2) is 6.10 Å². The molecule has 0 unspecified atom stereocenters. The van der Waals surface area contributed by atoms with Gasteiger partial charge in [0.25, 0.3) is 5.91 Å². The van der Waals surface area contributed by atoms with Crippen LogP contribution in [0.4, 0.5) is 5.69 Å². The van der Waals surface area contributed by atoms with Gasteiger partial charge in [-0.05, 0) is 77.4 Å². The van der Waals surface area contributed by atoms with Crippen molar-refractivity contribution in [2.24, 2.45) is 0 Å². The van der Waals surface area contributed by atoms with Gasteiger partial charge < -0.3 is 10.1 Å². The third-order valence-electron chi connectivity index (χ3n) is 3.38. The number of carbonyl (C=O) groups is 1. The first kappa shape index (κ1) is 16.8. The van der Waals surface area contributed by atoms with E-state index < -0.39 is 6.10 Å². The van der Waals surface area contributed by atoms with E-state index in [0.29, 0.717) is 6.42 Å². The summed E-state index contributed by atoms with van der Waals surface area (Å²) in [5, 5.41) is 2.90. The highest BCUT2D eigenvalue weighted by molar-refractivity contribution is 14.1. The average molecular weight is 409 g/mol. The Kier molecular flexibility index (Phi) is 6.24. The molecule has 1 amide bonds. The second-order valence-electron chi connectivity index (χ2n) is 5.01. The third kappa shape index (κ3) is 4.73. The molecule has 3 nitrogen and oxygen atoms in total.